The van der Waals surface area contributed by atoms with Gasteiger partial charge in [0.25, 0.3) is 0 Å². The van der Waals surface area contributed by atoms with E-state index in [4.69, 9.17) is 0 Å². The Morgan fingerprint density at radius 1 is 1.09 bits per heavy atom. The number of allylic oxidation sites excluding steroid dienone is 4. The minimum atomic E-state index is 0.789. The fourth-order valence-corrected chi connectivity index (χ4v) is 3.93. The average molecular weight is 442 g/mol. The van der Waals surface area contributed by atoms with Crippen LogP contribution >= 0.6 is 0 Å². The van der Waals surface area contributed by atoms with Crippen LogP contribution in [-0.4, -0.2) is 25.8 Å². The third kappa shape index (κ3) is 6.66. The monoisotopic (exact) mass is 441 g/mol. The van der Waals surface area contributed by atoms with E-state index in [1.54, 1.807) is 0 Å². The van der Waals surface area contributed by atoms with Crippen molar-refractivity contribution in [3.8, 4) is 0 Å². The fraction of sp³-hybridized carbons (Fsp3) is 0.300. The quantitative estimate of drug-likeness (QED) is 0.219. The summed E-state index contributed by atoms with van der Waals surface area (Å²) < 4.78 is 0. The summed E-state index contributed by atoms with van der Waals surface area (Å²) in [4.78, 5) is 4.61. The Kier molecular flexibility index (Phi) is 10.1. The number of hydrogen-bond acceptors (Lipinski definition) is 3. The molecule has 2 rings (SSSR count). The van der Waals surface area contributed by atoms with Crippen molar-refractivity contribution in [3.05, 3.63) is 107 Å². The van der Waals surface area contributed by atoms with E-state index in [1.807, 2.05) is 25.3 Å². The summed E-state index contributed by atoms with van der Waals surface area (Å²) >= 11 is 0. The highest BCUT2D eigenvalue weighted by atomic mass is 14.9. The van der Waals surface area contributed by atoms with Gasteiger partial charge in [-0.15, -0.1) is 0 Å². The number of anilines is 1. The zero-order chi connectivity index (χ0) is 24.4. The van der Waals surface area contributed by atoms with E-state index < -0.39 is 0 Å². The molecule has 0 atom stereocenters. The van der Waals surface area contributed by atoms with Gasteiger partial charge in [-0.3, -0.25) is 4.99 Å². The third-order valence-electron chi connectivity index (χ3n) is 5.91. The van der Waals surface area contributed by atoms with Crippen molar-refractivity contribution in [1.82, 2.24) is 5.32 Å². The molecule has 2 aromatic rings. The summed E-state index contributed by atoms with van der Waals surface area (Å²) in [5.74, 6) is 0. The number of para-hydroxylation sites is 1. The summed E-state index contributed by atoms with van der Waals surface area (Å²) in [5, 5.41) is 6.95. The SMILES string of the molecule is C=C/C(CNCCC)=C(C)\C(=C/C)c1ccc(C)c(C(=NC)C(=C)Nc2ccccc2C)c1. The molecule has 2 aromatic carbocycles. The first-order valence-corrected chi connectivity index (χ1v) is 11.7. The second kappa shape index (κ2) is 12.8. The number of hydrogen-bond donors (Lipinski definition) is 2. The van der Waals surface area contributed by atoms with Crippen molar-refractivity contribution < 1.29 is 0 Å². The van der Waals surface area contributed by atoms with Crippen LogP contribution in [0, 0.1) is 13.8 Å². The highest BCUT2D eigenvalue weighted by Crippen LogP contribution is 2.29. The first kappa shape index (κ1) is 26.1. The number of rotatable bonds is 11. The lowest BCUT2D eigenvalue weighted by atomic mass is 9.90. The second-order valence-corrected chi connectivity index (χ2v) is 8.25. The van der Waals surface area contributed by atoms with Crippen LogP contribution < -0.4 is 10.6 Å². The molecule has 0 aliphatic rings. The molecule has 0 aliphatic carbocycles. The topological polar surface area (TPSA) is 36.4 Å². The van der Waals surface area contributed by atoms with Crippen LogP contribution in [0.5, 0.6) is 0 Å². The Balaban J connectivity index is 2.43. The standard InChI is InChI=1S/C30H39N3/c1-9-18-32-20-25(10-2)23(6)27(11-3)26-17-16-21(4)28(19-26)30(31-8)24(7)33-29-15-13-12-14-22(29)5/h10-17,19,32-33H,2,7,9,18,20H2,1,3-6,8H3/b25-23+,27-11+,31-30?. The van der Waals surface area contributed by atoms with Crippen molar-refractivity contribution in [2.75, 3.05) is 25.5 Å². The normalized spacial score (nSPS) is 12.9. The van der Waals surface area contributed by atoms with Crippen LogP contribution in [0.3, 0.4) is 0 Å². The molecule has 3 nitrogen and oxygen atoms in total. The number of aryl methyl sites for hydroxylation is 2. The van der Waals surface area contributed by atoms with E-state index in [9.17, 15) is 0 Å². The Bertz CT molecular complexity index is 1080. The van der Waals surface area contributed by atoms with Crippen LogP contribution in [0.15, 0.2) is 89.6 Å². The predicted molar refractivity (Wildman–Crippen MR) is 147 cm³/mol. The van der Waals surface area contributed by atoms with Gasteiger partial charge < -0.3 is 10.6 Å². The Hall–Kier alpha value is -3.17. The van der Waals surface area contributed by atoms with Gasteiger partial charge >= 0.3 is 0 Å². The molecule has 3 heteroatoms. The van der Waals surface area contributed by atoms with Crippen molar-refractivity contribution in [3.63, 3.8) is 0 Å². The fourth-order valence-electron chi connectivity index (χ4n) is 3.93. The summed E-state index contributed by atoms with van der Waals surface area (Å²) in [6.07, 6.45) is 5.25. The summed E-state index contributed by atoms with van der Waals surface area (Å²) in [5.41, 5.74) is 10.9. The molecular formula is C30H39N3. The van der Waals surface area contributed by atoms with Crippen LogP contribution in [-0.2, 0) is 0 Å². The smallest absolute Gasteiger partial charge is 0.0874 e. The maximum absolute atomic E-state index is 4.61. The largest absolute Gasteiger partial charge is 0.354 e. The Morgan fingerprint density at radius 2 is 1.82 bits per heavy atom. The number of nitrogens with zero attached hydrogens (tertiary/aromatic N) is 1. The van der Waals surface area contributed by atoms with Gasteiger partial charge in [-0.1, -0.05) is 62.6 Å². The minimum Gasteiger partial charge on any atom is -0.354 e. The molecule has 0 unspecified atom stereocenters. The lowest BCUT2D eigenvalue weighted by Crippen LogP contribution is -2.18. The van der Waals surface area contributed by atoms with Crippen molar-refractivity contribution in [2.45, 2.75) is 41.0 Å². The van der Waals surface area contributed by atoms with Gasteiger partial charge in [0.2, 0.25) is 0 Å². The van der Waals surface area contributed by atoms with E-state index in [0.717, 1.165) is 53.3 Å². The number of aliphatic imine (C=N–C) groups is 1. The van der Waals surface area contributed by atoms with Crippen LogP contribution in [0.4, 0.5) is 5.69 Å². The second-order valence-electron chi connectivity index (χ2n) is 8.25. The van der Waals surface area contributed by atoms with Crippen LogP contribution in [0.1, 0.15) is 49.4 Å². The molecule has 0 amide bonds. The molecule has 0 aliphatic heterocycles. The summed E-state index contributed by atoms with van der Waals surface area (Å²) in [7, 11) is 1.82. The number of nitrogens with one attached hydrogen (secondary N) is 2. The lowest BCUT2D eigenvalue weighted by Gasteiger charge is -2.18. The first-order chi connectivity index (χ1) is 15.9. The van der Waals surface area contributed by atoms with Crippen LogP contribution in [0.2, 0.25) is 0 Å². The average Bonchev–Trinajstić information content (AvgIpc) is 2.81. The van der Waals surface area contributed by atoms with E-state index in [0.29, 0.717) is 0 Å². The molecule has 0 bridgehead atoms. The summed E-state index contributed by atoms with van der Waals surface area (Å²) in [6.45, 7) is 20.8. The van der Waals surface area contributed by atoms with Gasteiger partial charge in [0.05, 0.1) is 11.4 Å². The highest BCUT2D eigenvalue weighted by Gasteiger charge is 2.15. The van der Waals surface area contributed by atoms with Gasteiger partial charge in [-0.2, -0.15) is 0 Å². The molecule has 0 aromatic heterocycles. The Morgan fingerprint density at radius 3 is 2.42 bits per heavy atom. The molecule has 2 N–H and O–H groups in total. The molecule has 0 radical (unpaired) electrons. The lowest BCUT2D eigenvalue weighted by molar-refractivity contribution is 0.718. The molecule has 0 saturated carbocycles. The highest BCUT2D eigenvalue weighted by molar-refractivity contribution is 6.15. The van der Waals surface area contributed by atoms with E-state index in [-0.39, 0.29) is 0 Å². The zero-order valence-electron chi connectivity index (χ0n) is 21.2. The maximum Gasteiger partial charge on any atom is 0.0874 e. The van der Waals surface area contributed by atoms with Gasteiger partial charge in [-0.05, 0) is 86.2 Å². The Labute approximate surface area is 200 Å². The molecule has 0 fully saturated rings. The maximum atomic E-state index is 4.61. The van der Waals surface area contributed by atoms with Crippen LogP contribution in [0.25, 0.3) is 5.57 Å². The molecule has 0 spiro atoms. The predicted octanol–water partition coefficient (Wildman–Crippen LogP) is 7.25. The van der Waals surface area contributed by atoms with Crippen molar-refractivity contribution in [1.29, 1.82) is 0 Å². The third-order valence-corrected chi connectivity index (χ3v) is 5.91. The van der Waals surface area contributed by atoms with Crippen molar-refractivity contribution in [2.24, 2.45) is 4.99 Å². The van der Waals surface area contributed by atoms with E-state index >= 15 is 0 Å². The molecule has 174 valence electrons. The zero-order valence-corrected chi connectivity index (χ0v) is 21.2. The van der Waals surface area contributed by atoms with Gasteiger partial charge in [0.1, 0.15) is 0 Å². The van der Waals surface area contributed by atoms with E-state index in [2.05, 4.69) is 99.8 Å². The molecule has 0 heterocycles. The molecule has 0 saturated heterocycles. The van der Waals surface area contributed by atoms with Gasteiger partial charge in [0, 0.05) is 24.8 Å². The van der Waals surface area contributed by atoms with Gasteiger partial charge in [0.15, 0.2) is 0 Å². The number of benzene rings is 2. The van der Waals surface area contributed by atoms with E-state index in [1.165, 1.54) is 22.3 Å². The molecular weight excluding hydrogens is 402 g/mol. The first-order valence-electron chi connectivity index (χ1n) is 11.7. The minimum absolute atomic E-state index is 0.789. The molecule has 33 heavy (non-hydrogen) atoms. The van der Waals surface area contributed by atoms with Gasteiger partial charge in [-0.25, -0.2) is 0 Å². The summed E-state index contributed by atoms with van der Waals surface area (Å²) in [6, 6.07) is 14.8. The van der Waals surface area contributed by atoms with Crippen molar-refractivity contribution >= 4 is 17.0 Å².